The highest BCUT2D eigenvalue weighted by Crippen LogP contribution is 2.24. The maximum absolute atomic E-state index is 12.9. The Hall–Kier alpha value is -5.32. The number of hydrogen-bond acceptors (Lipinski definition) is 13. The largest absolute Gasteiger partial charge is 0.507 e. The molecule has 15 heteroatoms. The highest BCUT2D eigenvalue weighted by atomic mass is 32.2. The van der Waals surface area contributed by atoms with E-state index in [9.17, 15) is 24.3 Å². The minimum Gasteiger partial charge on any atom is -0.507 e. The van der Waals surface area contributed by atoms with E-state index in [1.165, 1.54) is 46.9 Å². The number of nitrogens with one attached hydrogen (secondary N) is 1. The third-order valence-electron chi connectivity index (χ3n) is 8.53. The molecule has 6 N–H and O–H groups in total. The van der Waals surface area contributed by atoms with Gasteiger partial charge in [0.2, 0.25) is 0 Å². The van der Waals surface area contributed by atoms with Crippen molar-refractivity contribution in [1.82, 2.24) is 15.3 Å². The molecular formula is C44H46N4O7S4. The van der Waals surface area contributed by atoms with E-state index in [0.29, 0.717) is 12.8 Å². The van der Waals surface area contributed by atoms with E-state index >= 15 is 0 Å². The molecule has 0 aliphatic heterocycles. The number of aromatic nitrogens is 2. The molecule has 11 nitrogen and oxygen atoms in total. The molecular weight excluding hydrogens is 825 g/mol. The second-order valence-corrected chi connectivity index (χ2v) is 16.7. The topological polar surface area (TPSA) is 193 Å². The van der Waals surface area contributed by atoms with Crippen LogP contribution >= 0.6 is 46.2 Å². The second-order valence-electron chi connectivity index (χ2n) is 12.8. The molecule has 2 heterocycles. The van der Waals surface area contributed by atoms with Crippen molar-refractivity contribution in [3.05, 3.63) is 141 Å². The average Bonchev–Trinajstić information content (AvgIpc) is 3.93. The first-order valence-electron chi connectivity index (χ1n) is 18.4. The Morgan fingerprint density at radius 1 is 0.644 bits per heavy atom. The lowest BCUT2D eigenvalue weighted by Crippen LogP contribution is -2.42. The van der Waals surface area contributed by atoms with Crippen LogP contribution in [0.25, 0.3) is 22.5 Å². The van der Waals surface area contributed by atoms with Crippen LogP contribution in [0.1, 0.15) is 43.6 Å². The van der Waals surface area contributed by atoms with Crippen molar-refractivity contribution in [2.45, 2.75) is 37.8 Å². The molecule has 0 fully saturated rings. The number of hydrogen-bond donors (Lipinski definition) is 5. The summed E-state index contributed by atoms with van der Waals surface area (Å²) in [6, 6.07) is 30.9. The number of thioether (sulfide) groups is 2. The van der Waals surface area contributed by atoms with Gasteiger partial charge in [-0.05, 0) is 61.1 Å². The lowest BCUT2D eigenvalue weighted by atomic mass is 10.1. The summed E-state index contributed by atoms with van der Waals surface area (Å²) in [7, 11) is 0. The lowest BCUT2D eigenvalue weighted by Gasteiger charge is -2.17. The Balaban J connectivity index is 0.000000220. The van der Waals surface area contributed by atoms with E-state index in [1.54, 1.807) is 47.8 Å². The summed E-state index contributed by atoms with van der Waals surface area (Å²) in [5, 5.41) is 35.5. The summed E-state index contributed by atoms with van der Waals surface area (Å²) in [6.07, 6.45) is 5.74. The number of ketones is 2. The molecule has 6 rings (SSSR count). The molecule has 0 saturated carbocycles. The number of para-hydroxylation sites is 2. The molecule has 2 aromatic heterocycles. The zero-order valence-corrected chi connectivity index (χ0v) is 35.8. The van der Waals surface area contributed by atoms with Gasteiger partial charge in [0.25, 0.3) is 5.91 Å². The first-order chi connectivity index (χ1) is 28.5. The number of carbonyl (C=O) groups is 4. The minimum absolute atomic E-state index is 0.0671. The van der Waals surface area contributed by atoms with Crippen molar-refractivity contribution in [2.24, 2.45) is 5.73 Å². The van der Waals surface area contributed by atoms with Gasteiger partial charge >= 0.3 is 5.97 Å². The van der Waals surface area contributed by atoms with E-state index in [2.05, 4.69) is 15.3 Å². The number of aromatic hydroxyl groups is 2. The van der Waals surface area contributed by atoms with Crippen molar-refractivity contribution in [1.29, 1.82) is 0 Å². The molecule has 0 saturated heterocycles. The highest BCUT2D eigenvalue weighted by Gasteiger charge is 2.24. The van der Waals surface area contributed by atoms with Crippen LogP contribution in [0.3, 0.4) is 0 Å². The third-order valence-corrected chi connectivity index (χ3v) is 11.5. The predicted octanol–water partition coefficient (Wildman–Crippen LogP) is 8.27. The molecule has 0 unspecified atom stereocenters. The van der Waals surface area contributed by atoms with E-state index in [-0.39, 0.29) is 46.7 Å². The number of nitrogens with zero attached hydrogens (tertiary/aromatic N) is 2. The fourth-order valence-electron chi connectivity index (χ4n) is 5.33. The number of nitrogens with two attached hydrogens (primary N) is 1. The Morgan fingerprint density at radius 2 is 1.08 bits per heavy atom. The normalized spacial score (nSPS) is 11.5. The number of benzene rings is 4. The standard InChI is InChI=1S/C22H22N2O3S2.C15H18N2OS2.C7H6O3/c1-28-12-11-17(24-22(27)16-9-5-6-10-19(16)25)20(26)13-21-23-18(14-29-21)15-7-3-2-4-8-15;1-19-8-7-12(16)14(18)9-15-17-13(10-20-15)11-5-3-2-4-6-11;8-6-4-2-1-3-5(6)7(9)10/h2-10,14,17,25H,11-13H2,1H3,(H,24,27);2-6,10,12H,7-9,16H2,1H3;1-4,8H,(H,9,10)/t17-;12-;/m00./s1. The Bertz CT molecular complexity index is 2250. The molecule has 0 spiro atoms. The van der Waals surface area contributed by atoms with Crippen LogP contribution in [-0.4, -0.2) is 84.8 Å². The van der Waals surface area contributed by atoms with Crippen molar-refractivity contribution in [3.63, 3.8) is 0 Å². The number of carboxylic acids is 1. The Morgan fingerprint density at radius 3 is 1.54 bits per heavy atom. The van der Waals surface area contributed by atoms with Gasteiger partial charge in [0.1, 0.15) is 27.1 Å². The first-order valence-corrected chi connectivity index (χ1v) is 22.9. The maximum Gasteiger partial charge on any atom is 0.339 e. The average molecular weight is 871 g/mol. The summed E-state index contributed by atoms with van der Waals surface area (Å²) in [5.41, 5.74) is 9.84. The number of phenols is 2. The van der Waals surface area contributed by atoms with Crippen molar-refractivity contribution in [3.8, 4) is 34.0 Å². The SMILES string of the molecule is CSCC[C@H](N)C(=O)Cc1nc(-c2ccccc2)cs1.CSCC[C@H](NC(=O)c1ccccc1O)C(=O)Cc1nc(-c2ccccc2)cs1.O=C(O)c1ccccc1O. The van der Waals surface area contributed by atoms with Gasteiger partial charge in [0.15, 0.2) is 11.6 Å². The molecule has 4 aromatic carbocycles. The molecule has 2 atom stereocenters. The van der Waals surface area contributed by atoms with Gasteiger partial charge in [-0.25, -0.2) is 14.8 Å². The van der Waals surface area contributed by atoms with E-state index in [1.807, 2.05) is 83.9 Å². The zero-order valence-electron chi connectivity index (χ0n) is 32.5. The quantitative estimate of drug-likeness (QED) is 0.0590. The van der Waals surface area contributed by atoms with Gasteiger partial charge < -0.3 is 26.4 Å². The van der Waals surface area contributed by atoms with E-state index in [0.717, 1.165) is 50.5 Å². The molecule has 1 amide bonds. The second kappa shape index (κ2) is 24.6. The van der Waals surface area contributed by atoms with Gasteiger partial charge in [-0.2, -0.15) is 23.5 Å². The molecule has 0 radical (unpaired) electrons. The highest BCUT2D eigenvalue weighted by molar-refractivity contribution is 7.98. The van der Waals surface area contributed by atoms with Crippen LogP contribution in [0, 0.1) is 0 Å². The minimum atomic E-state index is -1.11. The monoisotopic (exact) mass is 870 g/mol. The van der Waals surface area contributed by atoms with Gasteiger partial charge in [-0.1, -0.05) is 84.9 Å². The van der Waals surface area contributed by atoms with Crippen molar-refractivity contribution in [2.75, 3.05) is 24.0 Å². The number of phenolic OH excluding ortho intramolecular Hbond substituents is 1. The number of carboxylic acid groups (broad SMARTS) is 1. The van der Waals surface area contributed by atoms with Crippen LogP contribution in [0.4, 0.5) is 0 Å². The predicted molar refractivity (Wildman–Crippen MR) is 241 cm³/mol. The number of thiazole rings is 2. The van der Waals surface area contributed by atoms with Crippen molar-refractivity contribution >= 4 is 69.6 Å². The van der Waals surface area contributed by atoms with Gasteiger partial charge in [-0.15, -0.1) is 22.7 Å². The van der Waals surface area contributed by atoms with Gasteiger partial charge in [0.05, 0.1) is 41.9 Å². The van der Waals surface area contributed by atoms with Crippen LogP contribution in [-0.2, 0) is 22.4 Å². The molecule has 0 aliphatic carbocycles. The van der Waals surface area contributed by atoms with Crippen LogP contribution in [0.2, 0.25) is 0 Å². The Kier molecular flexibility index (Phi) is 19.3. The third kappa shape index (κ3) is 15.1. The van der Waals surface area contributed by atoms with Crippen LogP contribution in [0.5, 0.6) is 11.5 Å². The lowest BCUT2D eigenvalue weighted by molar-refractivity contribution is -0.120. The number of amides is 1. The number of Topliss-reactive ketones (excluding diaryl/α,β-unsaturated/α-hetero) is 2. The maximum atomic E-state index is 12.9. The summed E-state index contributed by atoms with van der Waals surface area (Å²) in [4.78, 5) is 56.8. The number of carbonyl (C=O) groups excluding carboxylic acids is 3. The molecule has 0 aliphatic rings. The smallest absolute Gasteiger partial charge is 0.339 e. The van der Waals surface area contributed by atoms with E-state index in [4.69, 9.17) is 15.9 Å². The fraction of sp³-hybridized carbons (Fsp3) is 0.227. The van der Waals surface area contributed by atoms with Crippen LogP contribution < -0.4 is 11.1 Å². The van der Waals surface area contributed by atoms with Crippen LogP contribution in [0.15, 0.2) is 120 Å². The summed E-state index contributed by atoms with van der Waals surface area (Å²) in [5.74, 6) is -0.219. The molecule has 59 heavy (non-hydrogen) atoms. The summed E-state index contributed by atoms with van der Waals surface area (Å²) >= 11 is 6.29. The molecule has 308 valence electrons. The number of aromatic carboxylic acids is 1. The molecule has 0 bridgehead atoms. The zero-order chi connectivity index (χ0) is 42.6. The fourth-order valence-corrected chi connectivity index (χ4v) is 7.92. The van der Waals surface area contributed by atoms with Gasteiger partial charge in [0, 0.05) is 21.9 Å². The van der Waals surface area contributed by atoms with Crippen molar-refractivity contribution < 1.29 is 34.5 Å². The van der Waals surface area contributed by atoms with E-state index < -0.39 is 17.9 Å². The Labute approximate surface area is 360 Å². The summed E-state index contributed by atoms with van der Waals surface area (Å²) in [6.45, 7) is 0. The number of rotatable bonds is 17. The molecule has 6 aromatic rings. The van der Waals surface area contributed by atoms with Gasteiger partial charge in [-0.3, -0.25) is 14.4 Å². The first kappa shape index (κ1) is 46.4. The summed E-state index contributed by atoms with van der Waals surface area (Å²) < 4.78 is 0.